The maximum absolute atomic E-state index is 12.5. The number of nitrogens with one attached hydrogen (secondary N) is 1. The average molecular weight is 392 g/mol. The second kappa shape index (κ2) is 8.98. The third kappa shape index (κ3) is 4.85. The lowest BCUT2D eigenvalue weighted by Crippen LogP contribution is -2.12. The van der Waals surface area contributed by atoms with E-state index < -0.39 is 0 Å². The molecule has 0 aliphatic rings. The van der Waals surface area contributed by atoms with E-state index in [0.29, 0.717) is 39.9 Å². The number of carbonyl (C=O) groups is 1. The Bertz CT molecular complexity index is 1020. The molecule has 0 spiro atoms. The molecular formula is C23H18ClNO3. The third-order valence-electron chi connectivity index (χ3n) is 4.02. The van der Waals surface area contributed by atoms with Gasteiger partial charge in [0.1, 0.15) is 6.61 Å². The van der Waals surface area contributed by atoms with Gasteiger partial charge < -0.3 is 14.8 Å². The Morgan fingerprint density at radius 1 is 1.07 bits per heavy atom. The largest absolute Gasteiger partial charge is 0.493 e. The minimum absolute atomic E-state index is 0.267. The van der Waals surface area contributed by atoms with Gasteiger partial charge in [0.2, 0.25) is 0 Å². The van der Waals surface area contributed by atoms with Crippen LogP contribution in [0.3, 0.4) is 0 Å². The topological polar surface area (TPSA) is 47.6 Å². The van der Waals surface area contributed by atoms with Crippen molar-refractivity contribution in [2.24, 2.45) is 0 Å². The van der Waals surface area contributed by atoms with E-state index in [2.05, 4.69) is 11.2 Å². The predicted molar refractivity (Wildman–Crippen MR) is 111 cm³/mol. The first kappa shape index (κ1) is 19.3. The first-order valence-corrected chi connectivity index (χ1v) is 8.90. The SMILES string of the molecule is C#Cc1cccc(NC(=O)c2ccc(OCc3ccc(Cl)cc3)c(OC)c2)c1. The summed E-state index contributed by atoms with van der Waals surface area (Å²) in [6.45, 7) is 0.359. The van der Waals surface area contributed by atoms with Crippen molar-refractivity contribution in [3.63, 3.8) is 0 Å². The fraction of sp³-hybridized carbons (Fsp3) is 0.0870. The molecule has 0 heterocycles. The molecular weight excluding hydrogens is 374 g/mol. The van der Waals surface area contributed by atoms with Gasteiger partial charge in [-0.3, -0.25) is 4.79 Å². The van der Waals surface area contributed by atoms with Gasteiger partial charge >= 0.3 is 0 Å². The smallest absolute Gasteiger partial charge is 0.255 e. The van der Waals surface area contributed by atoms with Crippen LogP contribution in [0.5, 0.6) is 11.5 Å². The molecule has 0 unspecified atom stereocenters. The minimum Gasteiger partial charge on any atom is -0.493 e. The molecule has 0 aromatic heterocycles. The van der Waals surface area contributed by atoms with Gasteiger partial charge in [-0.15, -0.1) is 6.42 Å². The van der Waals surface area contributed by atoms with E-state index in [9.17, 15) is 4.79 Å². The molecule has 4 nitrogen and oxygen atoms in total. The Kier molecular flexibility index (Phi) is 6.21. The molecule has 1 N–H and O–H groups in total. The molecule has 5 heteroatoms. The molecule has 0 fully saturated rings. The Labute approximate surface area is 169 Å². The van der Waals surface area contributed by atoms with Crippen LogP contribution in [-0.2, 0) is 6.61 Å². The number of halogens is 1. The molecule has 0 aliphatic heterocycles. The molecule has 3 aromatic rings. The summed E-state index contributed by atoms with van der Waals surface area (Å²) in [6, 6.07) is 19.5. The standard InChI is InChI=1S/C23H18ClNO3/c1-3-16-5-4-6-20(13-16)25-23(26)18-9-12-21(22(14-18)27-2)28-15-17-7-10-19(24)11-8-17/h1,4-14H,15H2,2H3,(H,25,26). The second-order valence-corrected chi connectivity index (χ2v) is 6.40. The maximum atomic E-state index is 12.5. The number of benzene rings is 3. The summed E-state index contributed by atoms with van der Waals surface area (Å²) in [4.78, 5) is 12.5. The van der Waals surface area contributed by atoms with Crippen molar-refractivity contribution in [3.05, 3.63) is 88.4 Å². The number of amides is 1. The van der Waals surface area contributed by atoms with Crippen molar-refractivity contribution in [2.75, 3.05) is 12.4 Å². The Morgan fingerprint density at radius 2 is 1.86 bits per heavy atom. The van der Waals surface area contributed by atoms with Crippen molar-refractivity contribution in [3.8, 4) is 23.8 Å². The lowest BCUT2D eigenvalue weighted by molar-refractivity contribution is 0.102. The fourth-order valence-electron chi connectivity index (χ4n) is 2.56. The van der Waals surface area contributed by atoms with Crippen molar-refractivity contribution < 1.29 is 14.3 Å². The highest BCUT2D eigenvalue weighted by Gasteiger charge is 2.12. The lowest BCUT2D eigenvalue weighted by Gasteiger charge is -2.13. The van der Waals surface area contributed by atoms with E-state index in [1.165, 1.54) is 7.11 Å². The quantitative estimate of drug-likeness (QED) is 0.590. The summed E-state index contributed by atoms with van der Waals surface area (Å²) in [5.41, 5.74) is 2.74. The number of methoxy groups -OCH3 is 1. The zero-order valence-corrected chi connectivity index (χ0v) is 16.0. The molecule has 1 amide bonds. The molecule has 0 aliphatic carbocycles. The highest BCUT2D eigenvalue weighted by atomic mass is 35.5. The van der Waals surface area contributed by atoms with E-state index in [0.717, 1.165) is 5.56 Å². The van der Waals surface area contributed by atoms with Crippen LogP contribution in [0.4, 0.5) is 5.69 Å². The highest BCUT2D eigenvalue weighted by Crippen LogP contribution is 2.29. The van der Waals surface area contributed by atoms with E-state index in [1.54, 1.807) is 54.6 Å². The van der Waals surface area contributed by atoms with Gasteiger partial charge in [0, 0.05) is 21.8 Å². The molecule has 3 rings (SSSR count). The number of hydrogen-bond acceptors (Lipinski definition) is 3. The fourth-order valence-corrected chi connectivity index (χ4v) is 2.69. The number of anilines is 1. The first-order chi connectivity index (χ1) is 13.6. The Hall–Kier alpha value is -3.42. The van der Waals surface area contributed by atoms with Crippen LogP contribution in [0, 0.1) is 12.3 Å². The number of hydrogen-bond donors (Lipinski definition) is 1. The summed E-state index contributed by atoms with van der Waals surface area (Å²) in [5, 5.41) is 3.49. The zero-order chi connectivity index (χ0) is 19.9. The van der Waals surface area contributed by atoms with Crippen LogP contribution in [0.15, 0.2) is 66.7 Å². The van der Waals surface area contributed by atoms with Gasteiger partial charge in [0.15, 0.2) is 11.5 Å². The second-order valence-electron chi connectivity index (χ2n) is 5.96. The number of terminal acetylenes is 1. The molecule has 0 saturated heterocycles. The van der Waals surface area contributed by atoms with Crippen LogP contribution in [0.25, 0.3) is 0 Å². The molecule has 3 aromatic carbocycles. The zero-order valence-electron chi connectivity index (χ0n) is 15.2. The van der Waals surface area contributed by atoms with Crippen LogP contribution >= 0.6 is 11.6 Å². The van der Waals surface area contributed by atoms with E-state index in [4.69, 9.17) is 27.5 Å². The van der Waals surface area contributed by atoms with E-state index >= 15 is 0 Å². The summed E-state index contributed by atoms with van der Waals surface area (Å²) < 4.78 is 11.2. The van der Waals surface area contributed by atoms with Crippen molar-refractivity contribution in [2.45, 2.75) is 6.61 Å². The van der Waals surface area contributed by atoms with Gasteiger partial charge in [0.25, 0.3) is 5.91 Å². The number of ether oxygens (including phenoxy) is 2. The summed E-state index contributed by atoms with van der Waals surface area (Å²) in [5.74, 6) is 3.29. The normalized spacial score (nSPS) is 10.0. The van der Waals surface area contributed by atoms with Crippen molar-refractivity contribution in [1.29, 1.82) is 0 Å². The maximum Gasteiger partial charge on any atom is 0.255 e. The van der Waals surface area contributed by atoms with Gasteiger partial charge in [-0.25, -0.2) is 0 Å². The number of rotatable bonds is 6. The van der Waals surface area contributed by atoms with E-state index in [1.807, 2.05) is 12.1 Å². The average Bonchev–Trinajstić information content (AvgIpc) is 2.73. The van der Waals surface area contributed by atoms with Gasteiger partial charge in [-0.05, 0) is 54.1 Å². The predicted octanol–water partition coefficient (Wildman–Crippen LogP) is 5.16. The van der Waals surface area contributed by atoms with Crippen LogP contribution in [0.1, 0.15) is 21.5 Å². The highest BCUT2D eigenvalue weighted by molar-refractivity contribution is 6.30. The summed E-state index contributed by atoms with van der Waals surface area (Å²) in [7, 11) is 1.53. The summed E-state index contributed by atoms with van der Waals surface area (Å²) >= 11 is 5.89. The minimum atomic E-state index is -0.267. The Morgan fingerprint density at radius 3 is 2.57 bits per heavy atom. The summed E-state index contributed by atoms with van der Waals surface area (Å²) in [6.07, 6.45) is 5.39. The molecule has 0 bridgehead atoms. The van der Waals surface area contributed by atoms with Crippen LogP contribution in [0.2, 0.25) is 5.02 Å². The lowest BCUT2D eigenvalue weighted by atomic mass is 10.1. The van der Waals surface area contributed by atoms with E-state index in [-0.39, 0.29) is 5.91 Å². The monoisotopic (exact) mass is 391 g/mol. The van der Waals surface area contributed by atoms with Gasteiger partial charge in [0.05, 0.1) is 7.11 Å². The van der Waals surface area contributed by atoms with Gasteiger partial charge in [-0.2, -0.15) is 0 Å². The van der Waals surface area contributed by atoms with Crippen molar-refractivity contribution in [1.82, 2.24) is 0 Å². The van der Waals surface area contributed by atoms with Gasteiger partial charge in [-0.1, -0.05) is 35.7 Å². The number of carbonyl (C=O) groups excluding carboxylic acids is 1. The molecule has 0 saturated carbocycles. The Balaban J connectivity index is 1.71. The first-order valence-electron chi connectivity index (χ1n) is 8.52. The third-order valence-corrected chi connectivity index (χ3v) is 4.27. The van der Waals surface area contributed by atoms with Crippen molar-refractivity contribution >= 4 is 23.2 Å². The molecule has 0 radical (unpaired) electrons. The van der Waals surface area contributed by atoms with Crippen LogP contribution < -0.4 is 14.8 Å². The van der Waals surface area contributed by atoms with Crippen LogP contribution in [-0.4, -0.2) is 13.0 Å². The molecule has 140 valence electrons. The molecule has 0 atom stereocenters. The molecule has 28 heavy (non-hydrogen) atoms.